The summed E-state index contributed by atoms with van der Waals surface area (Å²) in [7, 11) is 0. The molecule has 1 atom stereocenters. The van der Waals surface area contributed by atoms with Gasteiger partial charge in [0.25, 0.3) is 5.09 Å². The highest BCUT2D eigenvalue weighted by atomic mass is 16.9. The maximum Gasteiger partial charge on any atom is 0.291 e. The van der Waals surface area contributed by atoms with Crippen molar-refractivity contribution in [3.05, 3.63) is 34.9 Å². The van der Waals surface area contributed by atoms with Crippen LogP contribution in [-0.4, -0.2) is 25.0 Å². The highest BCUT2D eigenvalue weighted by Crippen LogP contribution is 2.08. The topological polar surface area (TPSA) is 101 Å². The molecule has 0 bridgehead atoms. The Labute approximate surface area is 80.0 Å². The van der Waals surface area contributed by atoms with Gasteiger partial charge in [-0.15, -0.1) is 10.1 Å². The van der Waals surface area contributed by atoms with Gasteiger partial charge in [0.2, 0.25) is 0 Å². The van der Waals surface area contributed by atoms with Crippen LogP contribution >= 0.6 is 0 Å². The molecule has 0 spiro atoms. The van der Waals surface area contributed by atoms with Gasteiger partial charge in [0, 0.05) is 18.6 Å². The highest BCUT2D eigenvalue weighted by molar-refractivity contribution is 5.20. The van der Waals surface area contributed by atoms with E-state index in [1.165, 1.54) is 0 Å². The molecule has 1 aromatic heterocycles. The number of aliphatic hydroxyl groups is 1. The third-order valence-corrected chi connectivity index (χ3v) is 1.27. The Balaban J connectivity index is 0.000000364. The first kappa shape index (κ1) is 12.1. The summed E-state index contributed by atoms with van der Waals surface area (Å²) in [6.07, 6.45) is 4.45. The second kappa shape index (κ2) is 5.70. The predicted molar refractivity (Wildman–Crippen MR) is 48.0 cm³/mol. The zero-order valence-electron chi connectivity index (χ0n) is 7.57. The van der Waals surface area contributed by atoms with Crippen molar-refractivity contribution >= 4 is 6.20 Å². The van der Waals surface area contributed by atoms with Crippen molar-refractivity contribution in [2.24, 2.45) is 0 Å². The summed E-state index contributed by atoms with van der Waals surface area (Å²) in [5.41, 5.74) is 0. The van der Waals surface area contributed by atoms with Gasteiger partial charge in [0.1, 0.15) is 11.9 Å². The van der Waals surface area contributed by atoms with Crippen LogP contribution < -0.4 is 0 Å². The fourth-order valence-corrected chi connectivity index (χ4v) is 0.803. The average molecular weight is 201 g/mol. The van der Waals surface area contributed by atoms with Crippen LogP contribution in [0.4, 0.5) is 0 Å². The Morgan fingerprint density at radius 2 is 2.36 bits per heavy atom. The molecule has 1 aromatic rings. The lowest BCUT2D eigenvalue weighted by atomic mass is 10.4. The number of aliphatic hydroxyl groups excluding tert-OH is 1. The van der Waals surface area contributed by atoms with E-state index < -0.39 is 11.2 Å². The molecule has 7 heteroatoms. The second-order valence-electron chi connectivity index (χ2n) is 2.29. The van der Waals surface area contributed by atoms with Crippen molar-refractivity contribution < 1.29 is 15.4 Å². The minimum absolute atomic E-state index is 0.534. The van der Waals surface area contributed by atoms with Gasteiger partial charge in [-0.25, -0.2) is 4.98 Å². The van der Waals surface area contributed by atoms with Crippen molar-refractivity contribution in [1.29, 1.82) is 0 Å². The Kier molecular flexibility index (Phi) is 4.93. The van der Waals surface area contributed by atoms with Crippen LogP contribution in [0.15, 0.2) is 19.0 Å². The highest BCUT2D eigenvalue weighted by Gasteiger charge is 2.04. The molecule has 0 aliphatic rings. The second-order valence-corrected chi connectivity index (χ2v) is 2.29. The van der Waals surface area contributed by atoms with Gasteiger partial charge < -0.3 is 14.9 Å². The van der Waals surface area contributed by atoms with Crippen LogP contribution in [0.25, 0.3) is 6.20 Å². The lowest BCUT2D eigenvalue weighted by Gasteiger charge is -2.02. The molecule has 0 aliphatic carbocycles. The first-order chi connectivity index (χ1) is 6.49. The number of rotatable bonds is 2. The molecule has 0 saturated heterocycles. The third-order valence-electron chi connectivity index (χ3n) is 1.27. The minimum atomic E-state index is -1.50. The standard InChI is InChI=1S/C7H10N2O.HNO3/c1-3-9-5-4-8-7(9)6(2)10;2-1(3)4/h3-6,10H,1H2,2H3;(H,2,3,4). The van der Waals surface area contributed by atoms with Gasteiger partial charge in [0.05, 0.1) is 0 Å². The van der Waals surface area contributed by atoms with Crippen LogP contribution in [0.3, 0.4) is 0 Å². The van der Waals surface area contributed by atoms with Crippen LogP contribution in [-0.2, 0) is 0 Å². The molecule has 0 fully saturated rings. The van der Waals surface area contributed by atoms with E-state index in [-0.39, 0.29) is 0 Å². The first-order valence-corrected chi connectivity index (χ1v) is 3.65. The average Bonchev–Trinajstić information content (AvgIpc) is 2.49. The smallest absolute Gasteiger partial charge is 0.291 e. The Bertz CT molecular complexity index is 304. The Morgan fingerprint density at radius 3 is 2.64 bits per heavy atom. The molecule has 2 N–H and O–H groups in total. The number of imidazole rings is 1. The molecule has 1 heterocycles. The van der Waals surface area contributed by atoms with Crippen molar-refractivity contribution in [3.8, 4) is 0 Å². The van der Waals surface area contributed by atoms with Gasteiger partial charge in [-0.3, -0.25) is 0 Å². The van der Waals surface area contributed by atoms with Crippen LogP contribution in [0.1, 0.15) is 18.9 Å². The van der Waals surface area contributed by atoms with E-state index in [0.29, 0.717) is 5.82 Å². The summed E-state index contributed by atoms with van der Waals surface area (Å²) >= 11 is 0. The maximum absolute atomic E-state index is 9.09. The summed E-state index contributed by atoms with van der Waals surface area (Å²) < 4.78 is 1.69. The van der Waals surface area contributed by atoms with Crippen molar-refractivity contribution in [2.45, 2.75) is 13.0 Å². The summed E-state index contributed by atoms with van der Waals surface area (Å²) in [4.78, 5) is 12.3. The van der Waals surface area contributed by atoms with E-state index in [9.17, 15) is 0 Å². The SMILES string of the molecule is C=Cn1ccnc1C(C)O.O=[N+]([O-])O. The molecular weight excluding hydrogens is 190 g/mol. The predicted octanol–water partition coefficient (Wildman–Crippen LogP) is 0.689. The fraction of sp³-hybridized carbons (Fsp3) is 0.286. The van der Waals surface area contributed by atoms with Crippen LogP contribution in [0, 0.1) is 10.1 Å². The molecule has 0 aliphatic heterocycles. The number of aromatic nitrogens is 2. The molecule has 78 valence electrons. The third kappa shape index (κ3) is 4.21. The van der Waals surface area contributed by atoms with Crippen molar-refractivity contribution in [1.82, 2.24) is 9.55 Å². The minimum Gasteiger partial charge on any atom is -0.385 e. The molecule has 0 saturated carbocycles. The van der Waals surface area contributed by atoms with Gasteiger partial charge in [0.15, 0.2) is 0 Å². The Morgan fingerprint density at radius 1 is 1.86 bits per heavy atom. The van der Waals surface area contributed by atoms with Crippen LogP contribution in [0.5, 0.6) is 0 Å². The Hall–Kier alpha value is -1.89. The fourth-order valence-electron chi connectivity index (χ4n) is 0.803. The van der Waals surface area contributed by atoms with Gasteiger partial charge in [-0.05, 0) is 6.92 Å². The first-order valence-electron chi connectivity index (χ1n) is 3.65. The number of hydrogen-bond donors (Lipinski definition) is 2. The largest absolute Gasteiger partial charge is 0.385 e. The van der Waals surface area contributed by atoms with Crippen molar-refractivity contribution in [2.75, 3.05) is 0 Å². The maximum atomic E-state index is 9.09. The molecule has 0 radical (unpaired) electrons. The van der Waals surface area contributed by atoms with Gasteiger partial charge in [-0.1, -0.05) is 6.58 Å². The summed E-state index contributed by atoms with van der Waals surface area (Å²) in [5.74, 6) is 0.620. The number of hydrogen-bond acceptors (Lipinski definition) is 4. The van der Waals surface area contributed by atoms with Crippen LogP contribution in [0.2, 0.25) is 0 Å². The monoisotopic (exact) mass is 201 g/mol. The van der Waals surface area contributed by atoms with E-state index in [2.05, 4.69) is 11.6 Å². The molecule has 14 heavy (non-hydrogen) atoms. The number of nitrogens with zero attached hydrogens (tertiary/aromatic N) is 3. The zero-order chi connectivity index (χ0) is 11.1. The molecule has 1 unspecified atom stereocenters. The molecular formula is C7H11N3O4. The van der Waals surface area contributed by atoms with E-state index >= 15 is 0 Å². The molecule has 7 nitrogen and oxygen atoms in total. The van der Waals surface area contributed by atoms with Gasteiger partial charge >= 0.3 is 0 Å². The normalized spacial score (nSPS) is 11.0. The van der Waals surface area contributed by atoms with E-state index in [1.807, 2.05) is 0 Å². The quantitative estimate of drug-likeness (QED) is 0.541. The summed E-state index contributed by atoms with van der Waals surface area (Å²) in [6, 6.07) is 0. The van der Waals surface area contributed by atoms with Gasteiger partial charge in [-0.2, -0.15) is 0 Å². The molecule has 0 amide bonds. The molecule has 1 rings (SSSR count). The molecule has 0 aromatic carbocycles. The van der Waals surface area contributed by atoms with E-state index in [1.54, 1.807) is 30.1 Å². The van der Waals surface area contributed by atoms with Crippen molar-refractivity contribution in [3.63, 3.8) is 0 Å². The zero-order valence-corrected chi connectivity index (χ0v) is 7.57. The lowest BCUT2D eigenvalue weighted by Crippen LogP contribution is -1.99. The van der Waals surface area contributed by atoms with E-state index in [0.717, 1.165) is 0 Å². The van der Waals surface area contributed by atoms with E-state index in [4.69, 9.17) is 20.4 Å². The summed E-state index contributed by atoms with van der Waals surface area (Å²) in [6.45, 7) is 5.23. The lowest BCUT2D eigenvalue weighted by molar-refractivity contribution is -0.742. The summed E-state index contributed by atoms with van der Waals surface area (Å²) in [5, 5.41) is 22.7.